The molecular formula is C18H22BrNO. The standard InChI is InChI=1S/C18H22BrNO/c1-12-4-6-15(7-5-12)11-21-18-13(2)8-17(19)10-16(18)9-14(3)20/h4-8,10,14H,9,11,20H2,1-3H3. The molecule has 1 atom stereocenters. The van der Waals surface area contributed by atoms with Gasteiger partial charge in [0.2, 0.25) is 0 Å². The van der Waals surface area contributed by atoms with Gasteiger partial charge in [-0.1, -0.05) is 45.8 Å². The molecule has 0 aromatic heterocycles. The number of halogens is 1. The molecule has 0 spiro atoms. The Morgan fingerprint density at radius 1 is 1.14 bits per heavy atom. The zero-order valence-corrected chi connectivity index (χ0v) is 14.4. The fourth-order valence-corrected chi connectivity index (χ4v) is 2.96. The third kappa shape index (κ3) is 4.58. The molecule has 112 valence electrons. The SMILES string of the molecule is Cc1ccc(COc2c(C)cc(Br)cc2CC(C)N)cc1. The summed E-state index contributed by atoms with van der Waals surface area (Å²) in [6.45, 7) is 6.75. The summed E-state index contributed by atoms with van der Waals surface area (Å²) < 4.78 is 7.14. The molecule has 2 N–H and O–H groups in total. The van der Waals surface area contributed by atoms with Crippen LogP contribution in [0.5, 0.6) is 5.75 Å². The van der Waals surface area contributed by atoms with Crippen LogP contribution in [-0.2, 0) is 13.0 Å². The molecule has 0 aliphatic rings. The van der Waals surface area contributed by atoms with Crippen molar-refractivity contribution < 1.29 is 4.74 Å². The largest absolute Gasteiger partial charge is 0.488 e. The first-order valence-corrected chi connectivity index (χ1v) is 7.98. The van der Waals surface area contributed by atoms with Gasteiger partial charge in [-0.25, -0.2) is 0 Å². The molecular weight excluding hydrogens is 326 g/mol. The number of rotatable bonds is 5. The van der Waals surface area contributed by atoms with Gasteiger partial charge in [-0.15, -0.1) is 0 Å². The third-order valence-corrected chi connectivity index (χ3v) is 3.82. The highest BCUT2D eigenvalue weighted by Crippen LogP contribution is 2.29. The Morgan fingerprint density at radius 3 is 2.43 bits per heavy atom. The van der Waals surface area contributed by atoms with Crippen molar-refractivity contribution in [3.63, 3.8) is 0 Å². The van der Waals surface area contributed by atoms with Gasteiger partial charge in [0.1, 0.15) is 12.4 Å². The van der Waals surface area contributed by atoms with Crippen LogP contribution < -0.4 is 10.5 Å². The zero-order valence-electron chi connectivity index (χ0n) is 12.8. The molecule has 0 saturated heterocycles. The molecule has 0 radical (unpaired) electrons. The van der Waals surface area contributed by atoms with E-state index in [-0.39, 0.29) is 6.04 Å². The van der Waals surface area contributed by atoms with Crippen molar-refractivity contribution in [2.24, 2.45) is 5.73 Å². The number of nitrogens with two attached hydrogens (primary N) is 1. The van der Waals surface area contributed by atoms with E-state index in [9.17, 15) is 0 Å². The van der Waals surface area contributed by atoms with E-state index in [4.69, 9.17) is 10.5 Å². The van der Waals surface area contributed by atoms with Crippen molar-refractivity contribution in [3.05, 3.63) is 63.1 Å². The quantitative estimate of drug-likeness (QED) is 0.861. The van der Waals surface area contributed by atoms with Gasteiger partial charge in [0.05, 0.1) is 0 Å². The second-order valence-corrected chi connectivity index (χ2v) is 6.58. The molecule has 2 aromatic carbocycles. The number of ether oxygens (including phenoxy) is 1. The van der Waals surface area contributed by atoms with Crippen LogP contribution in [-0.4, -0.2) is 6.04 Å². The van der Waals surface area contributed by atoms with Crippen molar-refractivity contribution in [1.29, 1.82) is 0 Å². The predicted molar refractivity (Wildman–Crippen MR) is 91.7 cm³/mol. The van der Waals surface area contributed by atoms with Crippen LogP contribution >= 0.6 is 15.9 Å². The van der Waals surface area contributed by atoms with Crippen molar-refractivity contribution in [2.45, 2.75) is 39.8 Å². The van der Waals surface area contributed by atoms with Crippen molar-refractivity contribution in [2.75, 3.05) is 0 Å². The lowest BCUT2D eigenvalue weighted by molar-refractivity contribution is 0.300. The first-order chi connectivity index (χ1) is 9.95. The molecule has 3 heteroatoms. The Bertz CT molecular complexity index is 605. The average molecular weight is 348 g/mol. The second-order valence-electron chi connectivity index (χ2n) is 5.67. The molecule has 2 aromatic rings. The van der Waals surface area contributed by atoms with Gasteiger partial charge >= 0.3 is 0 Å². The van der Waals surface area contributed by atoms with Crippen molar-refractivity contribution >= 4 is 15.9 Å². The number of benzene rings is 2. The Balaban J connectivity index is 2.19. The van der Waals surface area contributed by atoms with Gasteiger partial charge < -0.3 is 10.5 Å². The maximum absolute atomic E-state index is 6.07. The van der Waals surface area contributed by atoms with Crippen LogP contribution in [0.4, 0.5) is 0 Å². The summed E-state index contributed by atoms with van der Waals surface area (Å²) in [7, 11) is 0. The summed E-state index contributed by atoms with van der Waals surface area (Å²) >= 11 is 3.54. The third-order valence-electron chi connectivity index (χ3n) is 3.36. The maximum atomic E-state index is 6.07. The van der Waals surface area contributed by atoms with Crippen molar-refractivity contribution in [3.8, 4) is 5.75 Å². The normalized spacial score (nSPS) is 12.2. The van der Waals surface area contributed by atoms with E-state index in [1.165, 1.54) is 11.1 Å². The first kappa shape index (κ1) is 16.1. The molecule has 0 fully saturated rings. The molecule has 0 heterocycles. The Morgan fingerprint density at radius 2 is 1.81 bits per heavy atom. The number of aryl methyl sites for hydroxylation is 2. The van der Waals surface area contributed by atoms with Crippen molar-refractivity contribution in [1.82, 2.24) is 0 Å². The highest BCUT2D eigenvalue weighted by molar-refractivity contribution is 9.10. The highest BCUT2D eigenvalue weighted by atomic mass is 79.9. The molecule has 2 nitrogen and oxygen atoms in total. The molecule has 2 rings (SSSR count). The molecule has 0 amide bonds. The summed E-state index contributed by atoms with van der Waals surface area (Å²) in [5.74, 6) is 0.955. The summed E-state index contributed by atoms with van der Waals surface area (Å²) in [6, 6.07) is 12.7. The van der Waals surface area contributed by atoms with E-state index in [2.05, 4.69) is 66.2 Å². The fourth-order valence-electron chi connectivity index (χ4n) is 2.34. The monoisotopic (exact) mass is 347 g/mol. The van der Waals surface area contributed by atoms with Gasteiger partial charge in [-0.3, -0.25) is 0 Å². The summed E-state index contributed by atoms with van der Waals surface area (Å²) in [6.07, 6.45) is 0.809. The lowest BCUT2D eigenvalue weighted by Gasteiger charge is -2.16. The summed E-state index contributed by atoms with van der Waals surface area (Å²) in [5, 5.41) is 0. The minimum atomic E-state index is 0.112. The van der Waals surface area contributed by atoms with Crippen LogP contribution in [0.3, 0.4) is 0 Å². The van der Waals surface area contributed by atoms with Gasteiger partial charge in [0.15, 0.2) is 0 Å². The minimum absolute atomic E-state index is 0.112. The lowest BCUT2D eigenvalue weighted by atomic mass is 10.0. The first-order valence-electron chi connectivity index (χ1n) is 7.18. The number of hydrogen-bond acceptors (Lipinski definition) is 2. The van der Waals surface area contributed by atoms with E-state index in [0.29, 0.717) is 6.61 Å². The van der Waals surface area contributed by atoms with E-state index >= 15 is 0 Å². The zero-order chi connectivity index (χ0) is 15.4. The number of hydrogen-bond donors (Lipinski definition) is 1. The second kappa shape index (κ2) is 7.10. The van der Waals surface area contributed by atoms with E-state index in [0.717, 1.165) is 27.8 Å². The topological polar surface area (TPSA) is 35.2 Å². The fraction of sp³-hybridized carbons (Fsp3) is 0.333. The molecule has 21 heavy (non-hydrogen) atoms. The van der Waals surface area contributed by atoms with E-state index in [1.807, 2.05) is 6.92 Å². The Labute approximate surface area is 135 Å². The van der Waals surface area contributed by atoms with Crippen LogP contribution in [0.2, 0.25) is 0 Å². The van der Waals surface area contributed by atoms with Gasteiger partial charge in [0.25, 0.3) is 0 Å². The highest BCUT2D eigenvalue weighted by Gasteiger charge is 2.11. The Hall–Kier alpha value is -1.32. The van der Waals surface area contributed by atoms with Crippen LogP contribution in [0.1, 0.15) is 29.2 Å². The summed E-state index contributed by atoms with van der Waals surface area (Å²) in [4.78, 5) is 0. The minimum Gasteiger partial charge on any atom is -0.488 e. The maximum Gasteiger partial charge on any atom is 0.126 e. The molecule has 0 aliphatic carbocycles. The van der Waals surface area contributed by atoms with Crippen LogP contribution in [0.25, 0.3) is 0 Å². The van der Waals surface area contributed by atoms with Gasteiger partial charge in [-0.2, -0.15) is 0 Å². The van der Waals surface area contributed by atoms with Crippen LogP contribution in [0.15, 0.2) is 40.9 Å². The van der Waals surface area contributed by atoms with E-state index in [1.54, 1.807) is 0 Å². The predicted octanol–water partition coefficient (Wildman–Crippen LogP) is 4.53. The average Bonchev–Trinajstić information content (AvgIpc) is 2.39. The lowest BCUT2D eigenvalue weighted by Crippen LogP contribution is -2.18. The van der Waals surface area contributed by atoms with Crippen LogP contribution in [0, 0.1) is 13.8 Å². The van der Waals surface area contributed by atoms with Gasteiger partial charge in [-0.05, 0) is 56.0 Å². The van der Waals surface area contributed by atoms with E-state index < -0.39 is 0 Å². The summed E-state index contributed by atoms with van der Waals surface area (Å²) in [5.41, 5.74) is 10.7. The molecule has 1 unspecified atom stereocenters. The Kier molecular flexibility index (Phi) is 5.43. The molecule has 0 saturated carbocycles. The van der Waals surface area contributed by atoms with Gasteiger partial charge in [0, 0.05) is 10.5 Å². The molecule has 0 bridgehead atoms. The molecule has 0 aliphatic heterocycles. The smallest absolute Gasteiger partial charge is 0.126 e.